The topological polar surface area (TPSA) is 104 Å². The zero-order valence-electron chi connectivity index (χ0n) is 15.8. The first-order valence-corrected chi connectivity index (χ1v) is 9.90. The average Bonchev–Trinajstić information content (AvgIpc) is 2.69. The molecule has 2 heterocycles. The number of nitrogens with one attached hydrogen (secondary N) is 1. The van der Waals surface area contributed by atoms with Crippen LogP contribution in [0.25, 0.3) is 22.0 Å². The summed E-state index contributed by atoms with van der Waals surface area (Å²) in [6, 6.07) is 12.9. The number of aromatic nitrogens is 2. The van der Waals surface area contributed by atoms with Gasteiger partial charge in [-0.25, -0.2) is 0 Å². The van der Waals surface area contributed by atoms with E-state index in [1.807, 2.05) is 24.3 Å². The van der Waals surface area contributed by atoms with Crippen LogP contribution in [0.1, 0.15) is 12.8 Å². The number of rotatable bonds is 5. The Hall–Kier alpha value is -2.90. The van der Waals surface area contributed by atoms with E-state index in [1.54, 1.807) is 12.1 Å². The summed E-state index contributed by atoms with van der Waals surface area (Å²) in [6.07, 6.45) is 1.96. The highest BCUT2D eigenvalue weighted by Gasteiger charge is 2.22. The Kier molecular flexibility index (Phi) is 5.51. The van der Waals surface area contributed by atoms with Crippen LogP contribution < -0.4 is 11.1 Å². The van der Waals surface area contributed by atoms with Crippen LogP contribution >= 0.6 is 11.6 Å². The summed E-state index contributed by atoms with van der Waals surface area (Å²) in [5.41, 5.74) is 6.51. The van der Waals surface area contributed by atoms with Crippen molar-refractivity contribution in [3.8, 4) is 17.0 Å². The molecule has 1 aliphatic rings. The number of benzene rings is 2. The van der Waals surface area contributed by atoms with Crippen LogP contribution in [0.15, 0.2) is 42.5 Å². The largest absolute Gasteiger partial charge is 0.507 e. The third-order valence-corrected chi connectivity index (χ3v) is 5.36. The molecule has 29 heavy (non-hydrogen) atoms. The Morgan fingerprint density at radius 2 is 2.03 bits per heavy atom. The van der Waals surface area contributed by atoms with E-state index in [0.29, 0.717) is 22.1 Å². The number of phenols is 1. The van der Waals surface area contributed by atoms with E-state index in [9.17, 15) is 9.90 Å². The van der Waals surface area contributed by atoms with Crippen LogP contribution in [0, 0.1) is 0 Å². The molecule has 7 nitrogen and oxygen atoms in total. The number of amides is 1. The van der Waals surface area contributed by atoms with Crippen molar-refractivity contribution in [1.29, 1.82) is 0 Å². The predicted molar refractivity (Wildman–Crippen MR) is 114 cm³/mol. The van der Waals surface area contributed by atoms with Crippen molar-refractivity contribution in [2.45, 2.75) is 18.9 Å². The lowest BCUT2D eigenvalue weighted by atomic mass is 10.0. The normalized spacial score (nSPS) is 17.3. The highest BCUT2D eigenvalue weighted by molar-refractivity contribution is 6.30. The lowest BCUT2D eigenvalue weighted by Gasteiger charge is -2.32. The maximum Gasteiger partial charge on any atom is 0.231 e. The first-order valence-electron chi connectivity index (χ1n) is 9.53. The van der Waals surface area contributed by atoms with E-state index < -0.39 is 0 Å². The van der Waals surface area contributed by atoms with Crippen LogP contribution in [-0.2, 0) is 4.79 Å². The molecular weight excluding hydrogens is 390 g/mol. The number of nitrogens with zero attached hydrogens (tertiary/aromatic N) is 3. The molecule has 2 aromatic carbocycles. The number of hydrogen-bond acceptors (Lipinski definition) is 6. The highest BCUT2D eigenvalue weighted by atomic mass is 35.5. The fourth-order valence-corrected chi connectivity index (χ4v) is 4.01. The molecule has 1 amide bonds. The molecule has 1 aliphatic heterocycles. The van der Waals surface area contributed by atoms with Crippen LogP contribution in [0.5, 0.6) is 5.75 Å². The fourth-order valence-electron chi connectivity index (χ4n) is 3.85. The van der Waals surface area contributed by atoms with Crippen molar-refractivity contribution >= 4 is 34.1 Å². The van der Waals surface area contributed by atoms with Crippen LogP contribution in [0.2, 0.25) is 5.02 Å². The first-order chi connectivity index (χ1) is 14.0. The monoisotopic (exact) mass is 411 g/mol. The number of halogens is 1. The van der Waals surface area contributed by atoms with Crippen molar-refractivity contribution in [3.05, 3.63) is 47.5 Å². The number of piperidine rings is 1. The van der Waals surface area contributed by atoms with Gasteiger partial charge in [-0.05, 0) is 37.6 Å². The predicted octanol–water partition coefficient (Wildman–Crippen LogP) is 3.02. The van der Waals surface area contributed by atoms with Crippen molar-refractivity contribution in [2.75, 3.05) is 25.0 Å². The van der Waals surface area contributed by atoms with Gasteiger partial charge in [0.15, 0.2) is 5.82 Å². The van der Waals surface area contributed by atoms with E-state index >= 15 is 0 Å². The number of fused-ring (bicyclic) bond motifs is 1. The average molecular weight is 412 g/mol. The Labute approximate surface area is 173 Å². The van der Waals surface area contributed by atoms with Crippen LogP contribution in [0.4, 0.5) is 5.82 Å². The minimum atomic E-state index is -0.317. The molecule has 4 N–H and O–H groups in total. The fraction of sp³-hybridized carbons (Fsp3) is 0.286. The second-order valence-corrected chi connectivity index (χ2v) is 7.73. The van der Waals surface area contributed by atoms with Gasteiger partial charge in [0.2, 0.25) is 5.91 Å². The number of nitrogens with two attached hydrogens (primary N) is 1. The van der Waals surface area contributed by atoms with Gasteiger partial charge in [0.1, 0.15) is 11.4 Å². The van der Waals surface area contributed by atoms with E-state index in [0.717, 1.165) is 36.7 Å². The Morgan fingerprint density at radius 1 is 1.24 bits per heavy atom. The molecule has 0 aliphatic carbocycles. The first kappa shape index (κ1) is 19.4. The van der Waals surface area contributed by atoms with Gasteiger partial charge in [0.05, 0.1) is 6.54 Å². The molecule has 0 spiro atoms. The molecule has 0 radical (unpaired) electrons. The third kappa shape index (κ3) is 4.26. The molecular formula is C21H22ClN5O2. The Bertz CT molecular complexity index is 1060. The molecule has 1 aromatic heterocycles. The molecule has 1 unspecified atom stereocenters. The smallest absolute Gasteiger partial charge is 0.231 e. The van der Waals surface area contributed by atoms with Crippen molar-refractivity contribution < 1.29 is 9.90 Å². The molecule has 1 fully saturated rings. The molecule has 150 valence electrons. The lowest BCUT2D eigenvalue weighted by Crippen LogP contribution is -2.45. The zero-order valence-corrected chi connectivity index (χ0v) is 16.6. The number of anilines is 1. The second kappa shape index (κ2) is 8.23. The maximum absolute atomic E-state index is 11.2. The minimum absolute atomic E-state index is 0.0621. The molecule has 4 rings (SSSR count). The van der Waals surface area contributed by atoms with E-state index in [2.05, 4.69) is 20.4 Å². The van der Waals surface area contributed by atoms with Gasteiger partial charge < -0.3 is 16.2 Å². The standard InChI is InChI=1S/C21H22ClN5O2/c22-13-7-8-17(18(28)10-13)20-15-5-1-2-6-16(15)21(26-25-20)24-14-4-3-9-27(11-14)12-19(23)29/h1-2,5-8,10,14,28H,3-4,9,11-12H2,(H2,23,29)(H,24,26). The van der Waals surface area contributed by atoms with Gasteiger partial charge in [-0.15, -0.1) is 10.2 Å². The van der Waals surface area contributed by atoms with Gasteiger partial charge in [0.25, 0.3) is 0 Å². The summed E-state index contributed by atoms with van der Waals surface area (Å²) in [5, 5.41) is 24.9. The number of primary amides is 1. The van der Waals surface area contributed by atoms with Crippen molar-refractivity contribution in [1.82, 2.24) is 15.1 Å². The highest BCUT2D eigenvalue weighted by Crippen LogP contribution is 2.36. The number of phenolic OH excluding ortho intramolecular Hbond substituents is 1. The molecule has 0 saturated carbocycles. The van der Waals surface area contributed by atoms with Gasteiger partial charge in [-0.2, -0.15) is 0 Å². The van der Waals surface area contributed by atoms with E-state index in [-0.39, 0.29) is 24.2 Å². The number of likely N-dealkylation sites (tertiary alicyclic amines) is 1. The summed E-state index contributed by atoms with van der Waals surface area (Å²) < 4.78 is 0. The molecule has 0 bridgehead atoms. The van der Waals surface area contributed by atoms with Crippen LogP contribution in [-0.4, -0.2) is 51.8 Å². The number of hydrogen-bond donors (Lipinski definition) is 3. The summed E-state index contributed by atoms with van der Waals surface area (Å²) in [4.78, 5) is 13.3. The van der Waals surface area contributed by atoms with Crippen molar-refractivity contribution in [3.63, 3.8) is 0 Å². The lowest BCUT2D eigenvalue weighted by molar-refractivity contribution is -0.119. The number of carbonyl (C=O) groups excluding carboxylic acids is 1. The number of aromatic hydroxyl groups is 1. The van der Waals surface area contributed by atoms with E-state index in [4.69, 9.17) is 17.3 Å². The van der Waals surface area contributed by atoms with Gasteiger partial charge in [0, 0.05) is 33.9 Å². The van der Waals surface area contributed by atoms with Gasteiger partial charge in [-0.1, -0.05) is 35.9 Å². The van der Waals surface area contributed by atoms with Gasteiger partial charge in [-0.3, -0.25) is 9.69 Å². The summed E-state index contributed by atoms with van der Waals surface area (Å²) in [5.74, 6) is 0.429. The summed E-state index contributed by atoms with van der Waals surface area (Å²) in [7, 11) is 0. The SMILES string of the molecule is NC(=O)CN1CCCC(Nc2nnc(-c3ccc(Cl)cc3O)c3ccccc23)C1. The summed E-state index contributed by atoms with van der Waals surface area (Å²) >= 11 is 5.96. The number of carbonyl (C=O) groups is 1. The maximum atomic E-state index is 11.2. The molecule has 3 aromatic rings. The van der Waals surface area contributed by atoms with Crippen LogP contribution in [0.3, 0.4) is 0 Å². The Morgan fingerprint density at radius 3 is 2.79 bits per heavy atom. The summed E-state index contributed by atoms with van der Waals surface area (Å²) in [6.45, 7) is 1.85. The van der Waals surface area contributed by atoms with E-state index in [1.165, 1.54) is 6.07 Å². The quantitative estimate of drug-likeness (QED) is 0.596. The molecule has 8 heteroatoms. The zero-order chi connectivity index (χ0) is 20.4. The second-order valence-electron chi connectivity index (χ2n) is 7.29. The minimum Gasteiger partial charge on any atom is -0.507 e. The van der Waals surface area contributed by atoms with Gasteiger partial charge >= 0.3 is 0 Å². The van der Waals surface area contributed by atoms with Crippen molar-refractivity contribution in [2.24, 2.45) is 5.73 Å². The molecule has 1 atom stereocenters. The molecule has 1 saturated heterocycles. The Balaban J connectivity index is 1.66. The third-order valence-electron chi connectivity index (χ3n) is 5.13.